The van der Waals surface area contributed by atoms with Gasteiger partial charge in [0.1, 0.15) is 0 Å². The molecule has 16 heavy (non-hydrogen) atoms. The van der Waals surface area contributed by atoms with Gasteiger partial charge in [-0.05, 0) is 17.5 Å². The molecular weight excluding hydrogens is 315 g/mol. The first kappa shape index (κ1) is 14.0. The van der Waals surface area contributed by atoms with E-state index in [0.717, 1.165) is 0 Å². The Bertz CT molecular complexity index is 438. The minimum absolute atomic E-state index is 0.117. The lowest BCUT2D eigenvalue weighted by Gasteiger charge is -2.11. The monoisotopic (exact) mass is 317 g/mol. The lowest BCUT2D eigenvalue weighted by atomic mass is 10.1. The van der Waals surface area contributed by atoms with Gasteiger partial charge in [0.15, 0.2) is 0 Å². The third-order valence-electron chi connectivity index (χ3n) is 1.83. The van der Waals surface area contributed by atoms with Crippen molar-refractivity contribution in [1.82, 2.24) is 0 Å². The molecule has 0 radical (unpaired) electrons. The van der Waals surface area contributed by atoms with Crippen molar-refractivity contribution in [3.05, 3.63) is 41.1 Å². The molecule has 0 spiro atoms. The molecule has 0 fully saturated rings. The normalized spacial score (nSPS) is 10.1. The zero-order chi connectivity index (χ0) is 12.3. The predicted octanol–water partition coefficient (Wildman–Crippen LogP) is 5.81. The summed E-state index contributed by atoms with van der Waals surface area (Å²) in [6.07, 6.45) is 0.346. The molecule has 0 saturated heterocycles. The third kappa shape index (κ3) is 2.80. The number of rotatable bonds is 3. The van der Waals surface area contributed by atoms with Crippen LogP contribution in [0.1, 0.15) is 5.56 Å². The van der Waals surface area contributed by atoms with E-state index >= 15 is 0 Å². The molecule has 0 aliphatic rings. The minimum atomic E-state index is 0.117. The van der Waals surface area contributed by atoms with Crippen LogP contribution in [0.25, 0.3) is 10.4 Å². The Labute approximate surface area is 117 Å². The van der Waals surface area contributed by atoms with Crippen molar-refractivity contribution in [2.45, 2.75) is 6.42 Å². The molecule has 1 aromatic rings. The molecule has 8 heteroatoms. The standard InChI is InChI=1S/C8H4Cl5N3/c9-4-3(1-2-15-16-14)5(10)7(12)8(13)6(4)11/h1-2H2. The van der Waals surface area contributed by atoms with E-state index in [1.807, 2.05) is 0 Å². The minimum Gasteiger partial charge on any atom is -0.0936 e. The second-order valence-corrected chi connectivity index (χ2v) is 4.64. The van der Waals surface area contributed by atoms with Crippen LogP contribution in [-0.2, 0) is 6.42 Å². The SMILES string of the molecule is [N-]=[N+]=NCCc1c(Cl)c(Cl)c(Cl)c(Cl)c1Cl. The highest BCUT2D eigenvalue weighted by molar-refractivity contribution is 6.55. The Morgan fingerprint density at radius 1 is 0.875 bits per heavy atom. The zero-order valence-corrected chi connectivity index (χ0v) is 11.4. The van der Waals surface area contributed by atoms with Gasteiger partial charge in [0.05, 0.1) is 25.1 Å². The first-order valence-corrected chi connectivity index (χ1v) is 5.90. The summed E-state index contributed by atoms with van der Waals surface area (Å²) in [6, 6.07) is 0. The van der Waals surface area contributed by atoms with Crippen LogP contribution in [0.15, 0.2) is 5.11 Å². The predicted molar refractivity (Wildman–Crippen MR) is 69.2 cm³/mol. The van der Waals surface area contributed by atoms with Crippen LogP contribution in [0.2, 0.25) is 25.1 Å². The van der Waals surface area contributed by atoms with Crippen molar-refractivity contribution in [1.29, 1.82) is 0 Å². The Hall–Kier alpha value is -0.0200. The van der Waals surface area contributed by atoms with E-state index in [2.05, 4.69) is 10.0 Å². The van der Waals surface area contributed by atoms with E-state index in [-0.39, 0.29) is 31.7 Å². The van der Waals surface area contributed by atoms with Crippen LogP contribution >= 0.6 is 58.0 Å². The van der Waals surface area contributed by atoms with Crippen molar-refractivity contribution in [2.75, 3.05) is 6.54 Å². The second-order valence-electron chi connectivity index (χ2n) is 2.75. The first-order valence-electron chi connectivity index (χ1n) is 4.01. The number of hydrogen-bond acceptors (Lipinski definition) is 1. The zero-order valence-electron chi connectivity index (χ0n) is 7.65. The molecule has 0 N–H and O–H groups in total. The highest BCUT2D eigenvalue weighted by Gasteiger charge is 2.18. The van der Waals surface area contributed by atoms with Crippen LogP contribution in [0.3, 0.4) is 0 Å². The van der Waals surface area contributed by atoms with Gasteiger partial charge >= 0.3 is 0 Å². The van der Waals surface area contributed by atoms with Crippen LogP contribution in [0.4, 0.5) is 0 Å². The molecular formula is C8H4Cl5N3. The lowest BCUT2D eigenvalue weighted by Crippen LogP contribution is -1.94. The average molecular weight is 319 g/mol. The summed E-state index contributed by atoms with van der Waals surface area (Å²) < 4.78 is 0. The maximum absolute atomic E-state index is 8.16. The second kappa shape index (κ2) is 6.06. The Morgan fingerprint density at radius 3 is 1.75 bits per heavy atom. The van der Waals surface area contributed by atoms with Crippen molar-refractivity contribution in [3.63, 3.8) is 0 Å². The summed E-state index contributed by atoms with van der Waals surface area (Å²) in [5.41, 5.74) is 8.68. The molecule has 0 heterocycles. The fraction of sp³-hybridized carbons (Fsp3) is 0.250. The fourth-order valence-corrected chi connectivity index (χ4v) is 2.44. The van der Waals surface area contributed by atoms with Gasteiger partial charge < -0.3 is 0 Å². The summed E-state index contributed by atoms with van der Waals surface area (Å²) >= 11 is 29.5. The largest absolute Gasteiger partial charge is 0.0936 e. The molecule has 1 rings (SSSR count). The van der Waals surface area contributed by atoms with Gasteiger partial charge in [-0.1, -0.05) is 63.1 Å². The number of benzene rings is 1. The van der Waals surface area contributed by atoms with E-state index in [4.69, 9.17) is 63.5 Å². The van der Waals surface area contributed by atoms with Crippen molar-refractivity contribution in [2.24, 2.45) is 5.11 Å². The summed E-state index contributed by atoms with van der Waals surface area (Å²) in [7, 11) is 0. The van der Waals surface area contributed by atoms with Gasteiger partial charge in [-0.15, -0.1) is 0 Å². The molecule has 0 atom stereocenters. The molecule has 1 aromatic carbocycles. The average Bonchev–Trinajstić information content (AvgIpc) is 2.28. The first-order chi connectivity index (χ1) is 7.50. The van der Waals surface area contributed by atoms with Gasteiger partial charge in [-0.25, -0.2) is 0 Å². The Morgan fingerprint density at radius 2 is 1.31 bits per heavy atom. The van der Waals surface area contributed by atoms with Gasteiger partial charge in [-0.3, -0.25) is 0 Å². The highest BCUT2D eigenvalue weighted by Crippen LogP contribution is 2.43. The number of nitrogens with zero attached hydrogens (tertiary/aromatic N) is 3. The molecule has 86 valence electrons. The maximum Gasteiger partial charge on any atom is 0.0809 e. The van der Waals surface area contributed by atoms with Crippen LogP contribution in [0, 0.1) is 0 Å². The molecule has 0 amide bonds. The quantitative estimate of drug-likeness (QED) is 0.222. The van der Waals surface area contributed by atoms with Gasteiger partial charge in [0.2, 0.25) is 0 Å². The lowest BCUT2D eigenvalue weighted by molar-refractivity contribution is 0.957. The number of hydrogen-bond donors (Lipinski definition) is 0. The molecule has 0 aliphatic heterocycles. The van der Waals surface area contributed by atoms with Gasteiger partial charge in [0, 0.05) is 11.5 Å². The molecule has 3 nitrogen and oxygen atoms in total. The van der Waals surface area contributed by atoms with E-state index in [0.29, 0.717) is 12.0 Å². The molecule has 0 aromatic heterocycles. The number of azide groups is 1. The number of halogens is 5. The summed E-state index contributed by atoms with van der Waals surface area (Å²) in [6.45, 7) is 0.213. The van der Waals surface area contributed by atoms with Crippen LogP contribution < -0.4 is 0 Å². The summed E-state index contributed by atoms with van der Waals surface area (Å²) in [4.78, 5) is 2.62. The van der Waals surface area contributed by atoms with E-state index in [1.54, 1.807) is 0 Å². The van der Waals surface area contributed by atoms with Crippen LogP contribution in [0.5, 0.6) is 0 Å². The van der Waals surface area contributed by atoms with E-state index < -0.39 is 0 Å². The van der Waals surface area contributed by atoms with Crippen LogP contribution in [-0.4, -0.2) is 6.54 Å². The van der Waals surface area contributed by atoms with Crippen molar-refractivity contribution < 1.29 is 0 Å². The summed E-state index contributed by atoms with van der Waals surface area (Å²) in [5, 5.41) is 4.25. The van der Waals surface area contributed by atoms with E-state index in [9.17, 15) is 0 Å². The smallest absolute Gasteiger partial charge is 0.0809 e. The van der Waals surface area contributed by atoms with Crippen molar-refractivity contribution >= 4 is 58.0 Å². The topological polar surface area (TPSA) is 48.8 Å². The van der Waals surface area contributed by atoms with E-state index in [1.165, 1.54) is 0 Å². The Kier molecular flexibility index (Phi) is 5.32. The molecule has 0 saturated carbocycles. The Balaban J connectivity index is 3.22. The fourth-order valence-electron chi connectivity index (χ4n) is 1.08. The van der Waals surface area contributed by atoms with Crippen molar-refractivity contribution in [3.8, 4) is 0 Å². The third-order valence-corrected chi connectivity index (χ3v) is 4.18. The molecule has 0 unspecified atom stereocenters. The maximum atomic E-state index is 8.16. The summed E-state index contributed by atoms with van der Waals surface area (Å²) in [5.74, 6) is 0. The molecule has 0 aliphatic carbocycles. The molecule has 0 bridgehead atoms. The highest BCUT2D eigenvalue weighted by atomic mass is 35.5. The van der Waals surface area contributed by atoms with Gasteiger partial charge in [0.25, 0.3) is 0 Å². The van der Waals surface area contributed by atoms with Gasteiger partial charge in [-0.2, -0.15) is 0 Å².